The highest BCUT2D eigenvalue weighted by atomic mass is 32.1. The number of methoxy groups -OCH3 is 1. The van der Waals surface area contributed by atoms with Crippen molar-refractivity contribution in [3.8, 4) is 5.75 Å². The van der Waals surface area contributed by atoms with Crippen molar-refractivity contribution in [3.63, 3.8) is 0 Å². The number of carboxylic acid groups (broad SMARTS) is 1. The van der Waals surface area contributed by atoms with Gasteiger partial charge in [-0.25, -0.2) is 9.18 Å². The molecule has 1 saturated carbocycles. The Bertz CT molecular complexity index is 1200. The van der Waals surface area contributed by atoms with Crippen molar-refractivity contribution in [1.29, 1.82) is 0 Å². The van der Waals surface area contributed by atoms with Crippen LogP contribution in [-0.2, 0) is 4.79 Å². The zero-order valence-electron chi connectivity index (χ0n) is 17.6. The summed E-state index contributed by atoms with van der Waals surface area (Å²) in [6, 6.07) is 8.95. The van der Waals surface area contributed by atoms with Crippen molar-refractivity contribution in [2.24, 2.45) is 5.92 Å². The van der Waals surface area contributed by atoms with Crippen LogP contribution in [0.5, 0.6) is 5.75 Å². The molecule has 166 valence electrons. The number of benzene rings is 2. The molecule has 1 N–H and O–H groups in total. The minimum absolute atomic E-state index is 0.0271. The Hall–Kier alpha value is -3.13. The molecule has 0 saturated heterocycles. The van der Waals surface area contributed by atoms with E-state index in [-0.39, 0.29) is 28.4 Å². The molecule has 1 aliphatic carbocycles. The summed E-state index contributed by atoms with van der Waals surface area (Å²) in [7, 11) is 1.35. The van der Waals surface area contributed by atoms with E-state index in [2.05, 4.69) is 8.75 Å². The minimum atomic E-state index is -1.19. The van der Waals surface area contributed by atoms with E-state index in [1.165, 1.54) is 19.2 Å². The van der Waals surface area contributed by atoms with Gasteiger partial charge in [0.2, 0.25) is 0 Å². The number of carboxylic acids is 1. The number of ether oxygens (including phenoxy) is 1. The van der Waals surface area contributed by atoms with Gasteiger partial charge in [0.1, 0.15) is 11.0 Å². The topological polar surface area (TPSA) is 89.4 Å². The lowest BCUT2D eigenvalue weighted by atomic mass is 9.80. The van der Waals surface area contributed by atoms with Gasteiger partial charge in [0, 0.05) is 11.1 Å². The van der Waals surface area contributed by atoms with Crippen LogP contribution in [0, 0.1) is 11.7 Å². The monoisotopic (exact) mass is 454 g/mol. The first-order valence-electron chi connectivity index (χ1n) is 10.5. The number of Topliss-reactive ketones (excluding diaryl/α,β-unsaturated/α-hetero) is 1. The summed E-state index contributed by atoms with van der Waals surface area (Å²) in [6.07, 6.45) is 5.48. The van der Waals surface area contributed by atoms with Crippen LogP contribution in [0.15, 0.2) is 42.0 Å². The molecule has 0 unspecified atom stereocenters. The number of carbonyl (C=O) groups is 2. The lowest BCUT2D eigenvalue weighted by molar-refractivity contribution is -0.130. The minimum Gasteiger partial charge on any atom is -0.494 e. The summed E-state index contributed by atoms with van der Waals surface area (Å²) < 4.78 is 27.6. The Morgan fingerprint density at radius 2 is 1.78 bits per heavy atom. The van der Waals surface area contributed by atoms with Crippen molar-refractivity contribution < 1.29 is 23.8 Å². The van der Waals surface area contributed by atoms with Gasteiger partial charge in [-0.1, -0.05) is 38.2 Å². The third-order valence-electron chi connectivity index (χ3n) is 5.96. The first-order valence-corrected chi connectivity index (χ1v) is 11.3. The van der Waals surface area contributed by atoms with Crippen molar-refractivity contribution in [3.05, 3.63) is 58.9 Å². The molecule has 8 heteroatoms. The van der Waals surface area contributed by atoms with Gasteiger partial charge >= 0.3 is 5.97 Å². The van der Waals surface area contributed by atoms with Crippen molar-refractivity contribution in [1.82, 2.24) is 8.75 Å². The smallest absolute Gasteiger partial charge is 0.336 e. The van der Waals surface area contributed by atoms with Gasteiger partial charge in [-0.2, -0.15) is 8.75 Å². The number of fused-ring (bicyclic) bond motifs is 1. The number of hydrogen-bond acceptors (Lipinski definition) is 6. The Kier molecular flexibility index (Phi) is 6.60. The van der Waals surface area contributed by atoms with Crippen LogP contribution in [0.4, 0.5) is 4.39 Å². The number of halogens is 1. The van der Waals surface area contributed by atoms with Gasteiger partial charge in [0.25, 0.3) is 0 Å². The number of carbonyl (C=O) groups excluding carboxylic acids is 1. The van der Waals surface area contributed by atoms with E-state index in [4.69, 9.17) is 4.74 Å². The number of hydrogen-bond donors (Lipinski definition) is 1. The molecule has 3 aromatic rings. The van der Waals surface area contributed by atoms with E-state index in [9.17, 15) is 19.1 Å². The summed E-state index contributed by atoms with van der Waals surface area (Å²) in [5.41, 5.74) is 1.87. The molecule has 1 aliphatic rings. The molecule has 0 radical (unpaired) electrons. The van der Waals surface area contributed by atoms with Crippen LogP contribution in [0.3, 0.4) is 0 Å². The Morgan fingerprint density at radius 3 is 2.47 bits per heavy atom. The van der Waals surface area contributed by atoms with Crippen LogP contribution in [0.25, 0.3) is 16.6 Å². The summed E-state index contributed by atoms with van der Waals surface area (Å²) in [4.78, 5) is 26.0. The van der Waals surface area contributed by atoms with Crippen LogP contribution < -0.4 is 4.74 Å². The van der Waals surface area contributed by atoms with E-state index in [0.29, 0.717) is 23.0 Å². The molecule has 32 heavy (non-hydrogen) atoms. The molecule has 1 fully saturated rings. The predicted molar refractivity (Wildman–Crippen MR) is 120 cm³/mol. The van der Waals surface area contributed by atoms with Crippen LogP contribution >= 0.6 is 11.7 Å². The van der Waals surface area contributed by atoms with Gasteiger partial charge < -0.3 is 9.84 Å². The molecule has 0 atom stereocenters. The fourth-order valence-electron chi connectivity index (χ4n) is 4.33. The molecule has 0 bridgehead atoms. The van der Waals surface area contributed by atoms with E-state index in [1.54, 1.807) is 18.2 Å². The number of ketones is 1. The first kappa shape index (κ1) is 22.1. The maximum Gasteiger partial charge on any atom is 0.336 e. The van der Waals surface area contributed by atoms with Gasteiger partial charge in [-0.15, -0.1) is 0 Å². The largest absolute Gasteiger partial charge is 0.494 e. The SMILES string of the molecule is COc1ccc(C(=O)/C(CC2CCCCC2)=C(/C(=O)O)c2ccc3nsnc3c2)cc1F. The zero-order chi connectivity index (χ0) is 22.7. The van der Waals surface area contributed by atoms with Gasteiger partial charge in [-0.05, 0) is 48.2 Å². The molecule has 0 spiro atoms. The fraction of sp³-hybridized carbons (Fsp3) is 0.333. The average molecular weight is 455 g/mol. The van der Waals surface area contributed by atoms with E-state index >= 15 is 0 Å². The summed E-state index contributed by atoms with van der Waals surface area (Å²) in [5.74, 6) is -2.10. The number of nitrogens with zero attached hydrogens (tertiary/aromatic N) is 2. The second kappa shape index (κ2) is 9.56. The summed E-state index contributed by atoms with van der Waals surface area (Å²) >= 11 is 1.04. The van der Waals surface area contributed by atoms with Gasteiger partial charge in [0.05, 0.1) is 24.4 Å². The van der Waals surface area contributed by atoms with Crippen LogP contribution in [-0.4, -0.2) is 32.7 Å². The Labute approximate surface area is 189 Å². The number of aromatic nitrogens is 2. The fourth-order valence-corrected chi connectivity index (χ4v) is 4.85. The van der Waals surface area contributed by atoms with Crippen molar-refractivity contribution in [2.75, 3.05) is 7.11 Å². The number of allylic oxidation sites excluding steroid dienone is 1. The second-order valence-electron chi connectivity index (χ2n) is 8.01. The number of aliphatic carboxylic acids is 1. The summed E-state index contributed by atoms with van der Waals surface area (Å²) in [6.45, 7) is 0. The maximum absolute atomic E-state index is 14.3. The van der Waals surface area contributed by atoms with E-state index < -0.39 is 17.6 Å². The lowest BCUT2D eigenvalue weighted by Crippen LogP contribution is -2.17. The molecule has 2 aromatic carbocycles. The Balaban J connectivity index is 1.84. The van der Waals surface area contributed by atoms with E-state index in [1.807, 2.05) is 0 Å². The highest BCUT2D eigenvalue weighted by Gasteiger charge is 2.27. The molecular weight excluding hydrogens is 431 g/mol. The molecule has 0 aliphatic heterocycles. The second-order valence-corrected chi connectivity index (χ2v) is 8.54. The third kappa shape index (κ3) is 4.55. The van der Waals surface area contributed by atoms with Crippen LogP contribution in [0.2, 0.25) is 0 Å². The molecule has 1 heterocycles. The quantitative estimate of drug-likeness (QED) is 0.373. The highest BCUT2D eigenvalue weighted by Crippen LogP contribution is 2.35. The highest BCUT2D eigenvalue weighted by molar-refractivity contribution is 7.00. The van der Waals surface area contributed by atoms with Crippen LogP contribution in [0.1, 0.15) is 54.4 Å². The molecular formula is C24H23FN2O4S. The normalized spacial score (nSPS) is 15.4. The third-order valence-corrected chi connectivity index (χ3v) is 6.52. The lowest BCUT2D eigenvalue weighted by Gasteiger charge is -2.23. The molecule has 0 amide bonds. The average Bonchev–Trinajstić information content (AvgIpc) is 3.26. The number of rotatable bonds is 7. The molecule has 1 aromatic heterocycles. The predicted octanol–water partition coefficient (Wildman–Crippen LogP) is 5.53. The summed E-state index contributed by atoms with van der Waals surface area (Å²) in [5, 5.41) is 10.1. The van der Waals surface area contributed by atoms with Crippen molar-refractivity contribution in [2.45, 2.75) is 38.5 Å². The van der Waals surface area contributed by atoms with E-state index in [0.717, 1.165) is 49.9 Å². The van der Waals surface area contributed by atoms with Gasteiger partial charge in [-0.3, -0.25) is 4.79 Å². The maximum atomic E-state index is 14.3. The van der Waals surface area contributed by atoms with Crippen molar-refractivity contribution >= 4 is 40.1 Å². The zero-order valence-corrected chi connectivity index (χ0v) is 18.5. The molecule has 4 rings (SSSR count). The first-order chi connectivity index (χ1) is 15.5. The van der Waals surface area contributed by atoms with Gasteiger partial charge in [0.15, 0.2) is 17.3 Å². The molecule has 6 nitrogen and oxygen atoms in total. The standard InChI is InChI=1S/C24H23FN2O4S/c1-31-21-10-8-16(12-18(21)25)23(28)17(11-14-5-3-2-4-6-14)22(24(29)30)15-7-9-19-20(13-15)27-32-26-19/h7-10,12-14H,2-6,11H2,1H3,(H,29,30)/b22-17+. The Morgan fingerprint density at radius 1 is 1.06 bits per heavy atom.